The quantitative estimate of drug-likeness (QED) is 0.715. The second-order valence-corrected chi connectivity index (χ2v) is 8.98. The average molecular weight is 438 g/mol. The van der Waals surface area contributed by atoms with Crippen molar-refractivity contribution in [1.29, 1.82) is 0 Å². The zero-order valence-electron chi connectivity index (χ0n) is 17.0. The number of hydrogen-bond acceptors (Lipinski definition) is 4. The summed E-state index contributed by atoms with van der Waals surface area (Å²) in [5.74, 6) is -2.82. The number of nitrogens with one attached hydrogen (secondary N) is 1. The summed E-state index contributed by atoms with van der Waals surface area (Å²) in [7, 11) is -3.72. The van der Waals surface area contributed by atoms with Gasteiger partial charge in [0.2, 0.25) is 10.0 Å². The minimum absolute atomic E-state index is 0.0572. The summed E-state index contributed by atoms with van der Waals surface area (Å²) in [6.45, 7) is 5.73. The predicted octanol–water partition coefficient (Wildman–Crippen LogP) is 3.85. The lowest BCUT2D eigenvalue weighted by Gasteiger charge is -2.24. The molecule has 0 spiro atoms. The van der Waals surface area contributed by atoms with Crippen LogP contribution in [-0.4, -0.2) is 44.8 Å². The molecule has 1 aliphatic heterocycles. The first-order valence-corrected chi connectivity index (χ1v) is 11.4. The normalized spacial score (nSPS) is 14.4. The van der Waals surface area contributed by atoms with Crippen molar-refractivity contribution in [1.82, 2.24) is 4.31 Å². The van der Waals surface area contributed by atoms with Gasteiger partial charge in [0.05, 0.1) is 16.3 Å². The Labute approximate surface area is 175 Å². The largest absolute Gasteiger partial charge is 0.370 e. The van der Waals surface area contributed by atoms with Crippen LogP contribution in [0.4, 0.5) is 20.2 Å². The van der Waals surface area contributed by atoms with Gasteiger partial charge in [-0.15, -0.1) is 0 Å². The van der Waals surface area contributed by atoms with Crippen LogP contribution in [-0.2, 0) is 10.0 Å². The molecule has 0 saturated carbocycles. The van der Waals surface area contributed by atoms with Gasteiger partial charge in [0.1, 0.15) is 0 Å². The van der Waals surface area contributed by atoms with Crippen molar-refractivity contribution in [3.63, 3.8) is 0 Å². The molecule has 3 rings (SSSR count). The van der Waals surface area contributed by atoms with Crippen LogP contribution in [0.15, 0.2) is 41.3 Å². The second-order valence-electron chi connectivity index (χ2n) is 7.05. The number of rotatable bonds is 7. The van der Waals surface area contributed by atoms with Crippen LogP contribution in [0, 0.1) is 11.6 Å². The lowest BCUT2D eigenvalue weighted by molar-refractivity contribution is 0.102. The second kappa shape index (κ2) is 9.09. The molecule has 1 saturated heterocycles. The number of hydrogen-bond donors (Lipinski definition) is 1. The van der Waals surface area contributed by atoms with E-state index in [4.69, 9.17) is 0 Å². The highest BCUT2D eigenvalue weighted by molar-refractivity contribution is 7.89. The summed E-state index contributed by atoms with van der Waals surface area (Å²) >= 11 is 0. The molecule has 6 nitrogen and oxygen atoms in total. The molecular formula is C21H25F2N3O3S. The third-order valence-corrected chi connectivity index (χ3v) is 7.23. The van der Waals surface area contributed by atoms with Gasteiger partial charge >= 0.3 is 0 Å². The van der Waals surface area contributed by atoms with E-state index in [1.807, 2.05) is 0 Å². The van der Waals surface area contributed by atoms with Gasteiger partial charge in [-0.2, -0.15) is 4.31 Å². The summed E-state index contributed by atoms with van der Waals surface area (Å²) < 4.78 is 53.9. The zero-order valence-corrected chi connectivity index (χ0v) is 17.8. The van der Waals surface area contributed by atoms with Crippen LogP contribution in [0.3, 0.4) is 0 Å². The number of nitrogens with zero attached hydrogens (tertiary/aromatic N) is 2. The number of amides is 1. The van der Waals surface area contributed by atoms with Crippen LogP contribution >= 0.6 is 0 Å². The Morgan fingerprint density at radius 3 is 2.30 bits per heavy atom. The third-order valence-electron chi connectivity index (χ3n) is 5.19. The van der Waals surface area contributed by atoms with Gasteiger partial charge in [-0.3, -0.25) is 4.79 Å². The molecule has 1 amide bonds. The highest BCUT2D eigenvalue weighted by Crippen LogP contribution is 2.32. The topological polar surface area (TPSA) is 69.7 Å². The maximum absolute atomic E-state index is 13.5. The lowest BCUT2D eigenvalue weighted by atomic mass is 10.2. The minimum Gasteiger partial charge on any atom is -0.370 e. The van der Waals surface area contributed by atoms with E-state index in [-0.39, 0.29) is 10.5 Å². The van der Waals surface area contributed by atoms with Crippen molar-refractivity contribution in [2.45, 2.75) is 31.6 Å². The molecule has 2 aromatic rings. The number of benzene rings is 2. The SMILES string of the molecule is CCN(CC)S(=O)(=O)c1ccc(N2CCCC2)c(NC(=O)c2ccc(F)c(F)c2)c1. The van der Waals surface area contributed by atoms with E-state index >= 15 is 0 Å². The third kappa shape index (κ3) is 4.46. The molecule has 0 radical (unpaired) electrons. The highest BCUT2D eigenvalue weighted by Gasteiger charge is 2.25. The van der Waals surface area contributed by atoms with Gasteiger partial charge in [-0.1, -0.05) is 13.8 Å². The standard InChI is InChI=1S/C21H25F2N3O3S/c1-3-26(4-2)30(28,29)16-8-10-20(25-11-5-6-12-25)19(14-16)24-21(27)15-7-9-17(22)18(23)13-15/h7-10,13-14H,3-6,11-12H2,1-2H3,(H,24,27). The summed E-state index contributed by atoms with van der Waals surface area (Å²) in [4.78, 5) is 14.8. The van der Waals surface area contributed by atoms with E-state index in [0.29, 0.717) is 24.5 Å². The predicted molar refractivity (Wildman–Crippen MR) is 112 cm³/mol. The van der Waals surface area contributed by atoms with E-state index < -0.39 is 27.6 Å². The van der Waals surface area contributed by atoms with E-state index in [0.717, 1.165) is 38.1 Å². The zero-order chi connectivity index (χ0) is 21.9. The number of anilines is 2. The van der Waals surface area contributed by atoms with E-state index in [1.165, 1.54) is 22.5 Å². The van der Waals surface area contributed by atoms with Crippen LogP contribution < -0.4 is 10.2 Å². The molecule has 9 heteroatoms. The van der Waals surface area contributed by atoms with Gasteiger partial charge < -0.3 is 10.2 Å². The Bertz CT molecular complexity index is 1030. The Kier molecular flexibility index (Phi) is 6.72. The Balaban J connectivity index is 2.00. The van der Waals surface area contributed by atoms with Gasteiger partial charge in [0.15, 0.2) is 11.6 Å². The fraction of sp³-hybridized carbons (Fsp3) is 0.381. The van der Waals surface area contributed by atoms with Crippen molar-refractivity contribution in [2.24, 2.45) is 0 Å². The molecule has 0 aliphatic carbocycles. The first kappa shape index (κ1) is 22.2. The Morgan fingerprint density at radius 2 is 1.70 bits per heavy atom. The van der Waals surface area contributed by atoms with E-state index in [9.17, 15) is 22.0 Å². The number of carbonyl (C=O) groups is 1. The highest BCUT2D eigenvalue weighted by atomic mass is 32.2. The van der Waals surface area contributed by atoms with Crippen molar-refractivity contribution in [3.8, 4) is 0 Å². The fourth-order valence-electron chi connectivity index (χ4n) is 3.55. The molecule has 1 N–H and O–H groups in total. The van der Waals surface area contributed by atoms with Crippen molar-refractivity contribution in [2.75, 3.05) is 36.4 Å². The maximum Gasteiger partial charge on any atom is 0.255 e. The summed E-state index contributed by atoms with van der Waals surface area (Å²) in [6, 6.07) is 7.53. The van der Waals surface area contributed by atoms with Crippen LogP contribution in [0.5, 0.6) is 0 Å². The smallest absolute Gasteiger partial charge is 0.255 e. The molecule has 2 aromatic carbocycles. The van der Waals surface area contributed by atoms with Gasteiger partial charge in [-0.05, 0) is 49.2 Å². The molecule has 0 unspecified atom stereocenters. The summed E-state index contributed by atoms with van der Waals surface area (Å²) in [6.07, 6.45) is 1.99. The maximum atomic E-state index is 13.5. The first-order valence-electron chi connectivity index (χ1n) is 9.93. The van der Waals surface area contributed by atoms with Crippen LogP contribution in [0.2, 0.25) is 0 Å². The Morgan fingerprint density at radius 1 is 1.03 bits per heavy atom. The van der Waals surface area contributed by atoms with Crippen LogP contribution in [0.1, 0.15) is 37.0 Å². The molecule has 1 heterocycles. The molecule has 0 aromatic heterocycles. The van der Waals surface area contributed by atoms with Gasteiger partial charge in [-0.25, -0.2) is 17.2 Å². The molecule has 0 atom stereocenters. The van der Waals surface area contributed by atoms with Gasteiger partial charge in [0, 0.05) is 31.7 Å². The number of carbonyl (C=O) groups excluding carboxylic acids is 1. The minimum atomic E-state index is -3.72. The molecule has 0 bridgehead atoms. The summed E-state index contributed by atoms with van der Waals surface area (Å²) in [5, 5.41) is 2.69. The molecular weight excluding hydrogens is 412 g/mol. The molecule has 162 valence electrons. The molecule has 30 heavy (non-hydrogen) atoms. The van der Waals surface area contributed by atoms with Gasteiger partial charge in [0.25, 0.3) is 5.91 Å². The number of sulfonamides is 1. The lowest BCUT2D eigenvalue weighted by Crippen LogP contribution is -2.31. The average Bonchev–Trinajstić information content (AvgIpc) is 3.25. The van der Waals surface area contributed by atoms with Crippen molar-refractivity contribution < 1.29 is 22.0 Å². The Hall–Kier alpha value is -2.52. The molecule has 1 aliphatic rings. The van der Waals surface area contributed by atoms with Crippen molar-refractivity contribution in [3.05, 3.63) is 53.6 Å². The van der Waals surface area contributed by atoms with E-state index in [1.54, 1.807) is 19.9 Å². The fourth-order valence-corrected chi connectivity index (χ4v) is 5.04. The monoisotopic (exact) mass is 437 g/mol. The van der Waals surface area contributed by atoms with Crippen molar-refractivity contribution >= 4 is 27.3 Å². The molecule has 1 fully saturated rings. The van der Waals surface area contributed by atoms with E-state index in [2.05, 4.69) is 10.2 Å². The van der Waals surface area contributed by atoms with Crippen LogP contribution in [0.25, 0.3) is 0 Å². The summed E-state index contributed by atoms with van der Waals surface area (Å²) in [5.41, 5.74) is 0.958. The first-order chi connectivity index (χ1) is 14.3. The number of halogens is 2.